The fraction of sp³-hybridized carbons (Fsp3) is 0.609. The molecular weight excluding hydrogens is 336 g/mol. The molecule has 1 N–H and O–H groups in total. The van der Waals surface area contributed by atoms with Gasteiger partial charge in [-0.25, -0.2) is 0 Å². The number of aliphatic hydroxyl groups excluding tert-OH is 1. The predicted molar refractivity (Wildman–Crippen MR) is 109 cm³/mol. The molecule has 27 heavy (non-hydrogen) atoms. The smallest absolute Gasteiger partial charge is 0.137 e. The number of benzene rings is 1. The Labute approximate surface area is 162 Å². The van der Waals surface area contributed by atoms with Crippen LogP contribution in [0, 0.1) is 11.8 Å². The Morgan fingerprint density at radius 2 is 2.15 bits per heavy atom. The molecule has 1 saturated heterocycles. The van der Waals surface area contributed by atoms with Gasteiger partial charge in [0.1, 0.15) is 5.78 Å². The molecule has 1 aromatic heterocycles. The van der Waals surface area contributed by atoms with E-state index < -0.39 is 0 Å². The van der Waals surface area contributed by atoms with Gasteiger partial charge in [-0.15, -0.1) is 0 Å². The van der Waals surface area contributed by atoms with Crippen LogP contribution in [0.2, 0.25) is 0 Å². The second-order valence-electron chi connectivity index (χ2n) is 9.07. The van der Waals surface area contributed by atoms with Crippen LogP contribution in [0.15, 0.2) is 24.4 Å². The first-order chi connectivity index (χ1) is 12.9. The SMILES string of the molecule is CCC(CO)CC(=O)C1CN(C)C2Cc3cn(C)c4cccc(c34)C2(C)C1. The maximum absolute atomic E-state index is 13.0. The van der Waals surface area contributed by atoms with Gasteiger partial charge in [-0.2, -0.15) is 0 Å². The molecule has 4 unspecified atom stereocenters. The molecule has 0 bridgehead atoms. The summed E-state index contributed by atoms with van der Waals surface area (Å²) in [5.41, 5.74) is 4.13. The van der Waals surface area contributed by atoms with Crippen LogP contribution in [0.4, 0.5) is 0 Å². The fourth-order valence-corrected chi connectivity index (χ4v) is 5.73. The van der Waals surface area contributed by atoms with Crippen LogP contribution >= 0.6 is 0 Å². The highest BCUT2D eigenvalue weighted by Gasteiger charge is 2.49. The van der Waals surface area contributed by atoms with Crippen LogP contribution in [0.5, 0.6) is 0 Å². The number of piperidine rings is 1. The van der Waals surface area contributed by atoms with Crippen molar-refractivity contribution in [2.45, 2.75) is 51.0 Å². The van der Waals surface area contributed by atoms with E-state index in [9.17, 15) is 9.90 Å². The molecule has 1 aromatic carbocycles. The number of aromatic nitrogens is 1. The number of likely N-dealkylation sites (N-methyl/N-ethyl adjacent to an activating group) is 1. The monoisotopic (exact) mass is 368 g/mol. The average molecular weight is 369 g/mol. The lowest BCUT2D eigenvalue weighted by atomic mass is 9.61. The molecule has 4 atom stereocenters. The van der Waals surface area contributed by atoms with Gasteiger partial charge in [-0.05, 0) is 43.0 Å². The Balaban J connectivity index is 1.71. The lowest BCUT2D eigenvalue weighted by Crippen LogP contribution is -2.58. The van der Waals surface area contributed by atoms with Crippen LogP contribution in [0.25, 0.3) is 10.9 Å². The molecule has 1 fully saturated rings. The van der Waals surface area contributed by atoms with E-state index in [2.05, 4.69) is 61.8 Å². The minimum atomic E-state index is -0.0118. The summed E-state index contributed by atoms with van der Waals surface area (Å²) in [6.45, 7) is 5.36. The third kappa shape index (κ3) is 2.85. The Morgan fingerprint density at radius 3 is 2.85 bits per heavy atom. The molecule has 2 aromatic rings. The number of carbonyl (C=O) groups excluding carboxylic acids is 1. The highest BCUT2D eigenvalue weighted by molar-refractivity contribution is 5.90. The lowest BCUT2D eigenvalue weighted by molar-refractivity contribution is -0.127. The van der Waals surface area contributed by atoms with Crippen molar-refractivity contribution in [2.75, 3.05) is 20.2 Å². The fourth-order valence-electron chi connectivity index (χ4n) is 5.73. The topological polar surface area (TPSA) is 45.5 Å². The number of aryl methyl sites for hydroxylation is 1. The van der Waals surface area contributed by atoms with Crippen molar-refractivity contribution in [1.29, 1.82) is 0 Å². The summed E-state index contributed by atoms with van der Waals surface area (Å²) >= 11 is 0. The van der Waals surface area contributed by atoms with Crippen molar-refractivity contribution in [3.05, 3.63) is 35.5 Å². The number of aliphatic hydroxyl groups is 1. The van der Waals surface area contributed by atoms with E-state index in [0.29, 0.717) is 18.2 Å². The summed E-state index contributed by atoms with van der Waals surface area (Å²) in [7, 11) is 4.31. The molecule has 1 aliphatic carbocycles. The zero-order valence-electron chi connectivity index (χ0n) is 17.0. The first-order valence-corrected chi connectivity index (χ1v) is 10.3. The number of likely N-dealkylation sites (tertiary alicyclic amines) is 1. The number of ketones is 1. The molecular formula is C23H32N2O2. The molecule has 4 nitrogen and oxygen atoms in total. The number of hydrogen-bond donors (Lipinski definition) is 1. The maximum Gasteiger partial charge on any atom is 0.137 e. The molecule has 0 spiro atoms. The summed E-state index contributed by atoms with van der Waals surface area (Å²) in [6.07, 6.45) is 5.61. The third-order valence-electron chi connectivity index (χ3n) is 7.35. The summed E-state index contributed by atoms with van der Waals surface area (Å²) in [5.74, 6) is 0.481. The Bertz CT molecular complexity index is 867. The highest BCUT2D eigenvalue weighted by atomic mass is 16.3. The first kappa shape index (κ1) is 18.7. The van der Waals surface area contributed by atoms with Gasteiger partial charge in [0.15, 0.2) is 0 Å². The van der Waals surface area contributed by atoms with Crippen molar-refractivity contribution in [2.24, 2.45) is 18.9 Å². The summed E-state index contributed by atoms with van der Waals surface area (Å²) in [6, 6.07) is 7.08. The zero-order chi connectivity index (χ0) is 19.3. The largest absolute Gasteiger partial charge is 0.396 e. The number of Topliss-reactive ketones (excluding diaryl/α,β-unsaturated/α-hetero) is 1. The Morgan fingerprint density at radius 1 is 1.37 bits per heavy atom. The van der Waals surface area contributed by atoms with Crippen LogP contribution in [0.1, 0.15) is 44.2 Å². The van der Waals surface area contributed by atoms with Gasteiger partial charge in [0.05, 0.1) is 0 Å². The van der Waals surface area contributed by atoms with E-state index in [1.165, 1.54) is 22.0 Å². The third-order valence-corrected chi connectivity index (χ3v) is 7.35. The molecule has 2 aliphatic rings. The van der Waals surface area contributed by atoms with E-state index in [-0.39, 0.29) is 23.9 Å². The molecule has 0 amide bonds. The molecule has 4 rings (SSSR count). The Kier molecular flexibility index (Phi) is 4.68. The van der Waals surface area contributed by atoms with Crippen molar-refractivity contribution < 1.29 is 9.90 Å². The van der Waals surface area contributed by atoms with Crippen molar-refractivity contribution in [3.8, 4) is 0 Å². The summed E-state index contributed by atoms with van der Waals surface area (Å²) in [4.78, 5) is 15.5. The van der Waals surface area contributed by atoms with E-state index >= 15 is 0 Å². The molecule has 146 valence electrons. The standard InChI is InChI=1S/C23H32N2O2/c1-5-15(14-26)9-20(27)17-11-23(2)18-7-6-8-19-22(18)16(12-24(19)3)10-21(23)25(4)13-17/h6-8,12,15,17,21,26H,5,9-11,13-14H2,1-4H3. The average Bonchev–Trinajstić information content (AvgIpc) is 2.98. The van der Waals surface area contributed by atoms with Gasteiger partial charge in [-0.3, -0.25) is 4.79 Å². The number of nitrogens with zero attached hydrogens (tertiary/aromatic N) is 2. The molecule has 0 radical (unpaired) electrons. The van der Waals surface area contributed by atoms with Crippen molar-refractivity contribution in [3.63, 3.8) is 0 Å². The van der Waals surface area contributed by atoms with Crippen LogP contribution in [-0.2, 0) is 23.7 Å². The summed E-state index contributed by atoms with van der Waals surface area (Å²) < 4.78 is 2.24. The van der Waals surface area contributed by atoms with Gasteiger partial charge in [0.25, 0.3) is 0 Å². The zero-order valence-corrected chi connectivity index (χ0v) is 17.0. The van der Waals surface area contributed by atoms with Crippen molar-refractivity contribution >= 4 is 16.7 Å². The number of hydrogen-bond acceptors (Lipinski definition) is 3. The van der Waals surface area contributed by atoms with Gasteiger partial charge < -0.3 is 14.6 Å². The van der Waals surface area contributed by atoms with Crippen LogP contribution in [-0.4, -0.2) is 46.6 Å². The van der Waals surface area contributed by atoms with Gasteiger partial charge >= 0.3 is 0 Å². The first-order valence-electron chi connectivity index (χ1n) is 10.3. The van der Waals surface area contributed by atoms with Crippen molar-refractivity contribution in [1.82, 2.24) is 9.47 Å². The predicted octanol–water partition coefficient (Wildman–Crippen LogP) is 3.29. The summed E-state index contributed by atoms with van der Waals surface area (Å²) in [5, 5.41) is 10.9. The highest BCUT2D eigenvalue weighted by Crippen LogP contribution is 2.49. The number of carbonyl (C=O) groups is 1. The van der Waals surface area contributed by atoms with Crippen LogP contribution < -0.4 is 0 Å². The minimum absolute atomic E-state index is 0.0118. The molecule has 2 heterocycles. The molecule has 4 heteroatoms. The normalized spacial score (nSPS) is 28.9. The van der Waals surface area contributed by atoms with E-state index in [4.69, 9.17) is 0 Å². The number of rotatable bonds is 5. The van der Waals surface area contributed by atoms with E-state index in [1.807, 2.05) is 0 Å². The van der Waals surface area contributed by atoms with Gasteiger partial charge in [0.2, 0.25) is 0 Å². The Hall–Kier alpha value is -1.65. The maximum atomic E-state index is 13.0. The van der Waals surface area contributed by atoms with Gasteiger partial charge in [-0.1, -0.05) is 32.4 Å². The van der Waals surface area contributed by atoms with Crippen LogP contribution in [0.3, 0.4) is 0 Å². The number of fused-ring (bicyclic) bond motifs is 2. The van der Waals surface area contributed by atoms with Gasteiger partial charge in [0, 0.05) is 61.1 Å². The quantitative estimate of drug-likeness (QED) is 0.881. The lowest BCUT2D eigenvalue weighted by Gasteiger charge is -2.52. The minimum Gasteiger partial charge on any atom is -0.396 e. The second-order valence-corrected chi connectivity index (χ2v) is 9.07. The molecule has 0 saturated carbocycles. The van der Waals surface area contributed by atoms with E-state index in [1.54, 1.807) is 0 Å². The molecule has 1 aliphatic heterocycles. The second kappa shape index (κ2) is 6.75. The van der Waals surface area contributed by atoms with E-state index in [0.717, 1.165) is 25.8 Å².